The smallest absolute Gasteiger partial charge is 0.0353 e. The molecule has 2 rings (SSSR count). The maximum Gasteiger partial charge on any atom is 0.0353 e. The van der Waals surface area contributed by atoms with Gasteiger partial charge in [-0.1, -0.05) is 13.8 Å². The molecule has 74 valence electrons. The number of nitrogen functional groups attached to an aromatic ring is 1. The van der Waals surface area contributed by atoms with Gasteiger partial charge in [-0.25, -0.2) is 0 Å². The molecule has 0 radical (unpaired) electrons. The van der Waals surface area contributed by atoms with Gasteiger partial charge in [0.25, 0.3) is 0 Å². The van der Waals surface area contributed by atoms with Crippen molar-refractivity contribution in [2.75, 3.05) is 5.73 Å². The van der Waals surface area contributed by atoms with E-state index in [2.05, 4.69) is 32.0 Å². The number of hydrogen-bond acceptors (Lipinski definition) is 2. The van der Waals surface area contributed by atoms with Crippen LogP contribution in [-0.4, -0.2) is 0 Å². The van der Waals surface area contributed by atoms with Crippen LogP contribution < -0.4 is 5.73 Å². The van der Waals surface area contributed by atoms with E-state index in [9.17, 15) is 0 Å². The molecule has 0 fully saturated rings. The summed E-state index contributed by atoms with van der Waals surface area (Å²) in [6.45, 7) is 4.33. The monoisotopic (exact) mass is 205 g/mol. The number of aryl methyl sites for hydroxylation is 2. The number of benzene rings is 1. The molecule has 14 heavy (non-hydrogen) atoms. The van der Waals surface area contributed by atoms with E-state index in [0.29, 0.717) is 0 Å². The fraction of sp³-hybridized carbons (Fsp3) is 0.333. The van der Waals surface area contributed by atoms with Crippen LogP contribution in [0.1, 0.15) is 24.3 Å². The van der Waals surface area contributed by atoms with Crippen molar-refractivity contribution in [2.24, 2.45) is 0 Å². The molecule has 0 atom stereocenters. The average molecular weight is 205 g/mol. The second-order valence-corrected chi connectivity index (χ2v) is 4.68. The number of rotatable bonds is 2. The molecule has 0 aliphatic carbocycles. The Balaban J connectivity index is 2.64. The molecule has 0 unspecified atom stereocenters. The quantitative estimate of drug-likeness (QED) is 0.745. The second kappa shape index (κ2) is 3.62. The van der Waals surface area contributed by atoms with E-state index >= 15 is 0 Å². The van der Waals surface area contributed by atoms with E-state index in [1.807, 2.05) is 11.3 Å². The van der Waals surface area contributed by atoms with Crippen LogP contribution in [0.25, 0.3) is 10.1 Å². The highest BCUT2D eigenvalue weighted by atomic mass is 32.1. The van der Waals surface area contributed by atoms with Crippen LogP contribution in [-0.2, 0) is 12.8 Å². The first-order valence-corrected chi connectivity index (χ1v) is 5.87. The van der Waals surface area contributed by atoms with Gasteiger partial charge in [-0.3, -0.25) is 0 Å². The Morgan fingerprint density at radius 2 is 1.93 bits per heavy atom. The summed E-state index contributed by atoms with van der Waals surface area (Å²) in [5, 5.41) is 1.29. The first-order valence-electron chi connectivity index (χ1n) is 5.05. The first-order chi connectivity index (χ1) is 6.74. The summed E-state index contributed by atoms with van der Waals surface area (Å²) in [7, 11) is 0. The Labute approximate surface area is 88.6 Å². The molecular weight excluding hydrogens is 190 g/mol. The van der Waals surface area contributed by atoms with Crippen LogP contribution in [0.4, 0.5) is 5.69 Å². The lowest BCUT2D eigenvalue weighted by molar-refractivity contribution is 1.15. The van der Waals surface area contributed by atoms with Gasteiger partial charge < -0.3 is 5.73 Å². The van der Waals surface area contributed by atoms with Crippen molar-refractivity contribution in [3.63, 3.8) is 0 Å². The molecule has 2 N–H and O–H groups in total. The molecule has 1 nitrogen and oxygen atoms in total. The summed E-state index contributed by atoms with van der Waals surface area (Å²) in [5.41, 5.74) is 8.15. The molecule has 0 bridgehead atoms. The molecule has 2 heteroatoms. The third kappa shape index (κ3) is 1.50. The van der Waals surface area contributed by atoms with Gasteiger partial charge in [-0.15, -0.1) is 11.3 Å². The van der Waals surface area contributed by atoms with E-state index in [1.54, 1.807) is 0 Å². The largest absolute Gasteiger partial charge is 0.398 e. The zero-order valence-corrected chi connectivity index (χ0v) is 9.45. The molecule has 0 aliphatic rings. The predicted octanol–water partition coefficient (Wildman–Crippen LogP) is 3.61. The van der Waals surface area contributed by atoms with E-state index in [4.69, 9.17) is 5.73 Å². The fourth-order valence-corrected chi connectivity index (χ4v) is 2.73. The summed E-state index contributed by atoms with van der Waals surface area (Å²) >= 11 is 1.88. The summed E-state index contributed by atoms with van der Waals surface area (Å²) in [5.74, 6) is 0. The minimum atomic E-state index is 0.931. The van der Waals surface area contributed by atoms with Crippen molar-refractivity contribution in [2.45, 2.75) is 26.7 Å². The highest BCUT2D eigenvalue weighted by Crippen LogP contribution is 2.30. The maximum absolute atomic E-state index is 5.95. The van der Waals surface area contributed by atoms with Gasteiger partial charge in [0.1, 0.15) is 0 Å². The van der Waals surface area contributed by atoms with Gasteiger partial charge >= 0.3 is 0 Å². The number of thiophene rings is 1. The lowest BCUT2D eigenvalue weighted by atomic mass is 10.1. The minimum absolute atomic E-state index is 0.931. The predicted molar refractivity (Wildman–Crippen MR) is 65.0 cm³/mol. The molecular formula is C12H15NS. The van der Waals surface area contributed by atoms with E-state index in [1.165, 1.54) is 20.5 Å². The third-order valence-corrected chi connectivity index (χ3v) is 3.80. The lowest BCUT2D eigenvalue weighted by Crippen LogP contribution is -1.91. The third-order valence-electron chi connectivity index (χ3n) is 2.56. The van der Waals surface area contributed by atoms with Crippen LogP contribution in [0.2, 0.25) is 0 Å². The highest BCUT2D eigenvalue weighted by Gasteiger charge is 2.04. The second-order valence-electron chi connectivity index (χ2n) is 3.51. The summed E-state index contributed by atoms with van der Waals surface area (Å²) in [4.78, 5) is 1.44. The highest BCUT2D eigenvalue weighted by molar-refractivity contribution is 7.19. The van der Waals surface area contributed by atoms with Gasteiger partial charge in [-0.05, 0) is 42.0 Å². The normalized spacial score (nSPS) is 11.0. The Morgan fingerprint density at radius 1 is 1.14 bits per heavy atom. The molecule has 2 aromatic rings. The van der Waals surface area contributed by atoms with Crippen molar-refractivity contribution in [3.8, 4) is 0 Å². The van der Waals surface area contributed by atoms with Crippen LogP contribution in [0, 0.1) is 0 Å². The number of hydrogen-bond donors (Lipinski definition) is 1. The fourth-order valence-electron chi connectivity index (χ4n) is 1.68. The Kier molecular flexibility index (Phi) is 2.46. The minimum Gasteiger partial charge on any atom is -0.398 e. The standard InChI is InChI=1S/C12H15NS/c1-3-8-7-12-9(6-11(8)13)5-10(4-2)14-12/h5-7H,3-4,13H2,1-2H3. The van der Waals surface area contributed by atoms with E-state index in [0.717, 1.165) is 18.5 Å². The van der Waals surface area contributed by atoms with Gasteiger partial charge in [0.2, 0.25) is 0 Å². The van der Waals surface area contributed by atoms with Crippen molar-refractivity contribution < 1.29 is 0 Å². The van der Waals surface area contributed by atoms with Crippen LogP contribution in [0.15, 0.2) is 18.2 Å². The Bertz CT molecular complexity index is 457. The summed E-state index contributed by atoms with van der Waals surface area (Å²) in [6, 6.07) is 6.58. The van der Waals surface area contributed by atoms with Crippen LogP contribution in [0.3, 0.4) is 0 Å². The van der Waals surface area contributed by atoms with Crippen LogP contribution in [0.5, 0.6) is 0 Å². The van der Waals surface area contributed by atoms with E-state index in [-0.39, 0.29) is 0 Å². The van der Waals surface area contributed by atoms with Gasteiger partial charge in [0.05, 0.1) is 0 Å². The molecule has 1 aromatic heterocycles. The molecule has 0 saturated heterocycles. The Morgan fingerprint density at radius 3 is 2.57 bits per heavy atom. The molecule has 0 amide bonds. The lowest BCUT2D eigenvalue weighted by Gasteiger charge is -2.01. The number of fused-ring (bicyclic) bond motifs is 1. The zero-order valence-electron chi connectivity index (χ0n) is 8.63. The molecule has 1 heterocycles. The molecule has 0 spiro atoms. The van der Waals surface area contributed by atoms with Crippen molar-refractivity contribution in [1.29, 1.82) is 0 Å². The number of nitrogens with two attached hydrogens (primary N) is 1. The Hall–Kier alpha value is -1.02. The molecule has 0 saturated carbocycles. The zero-order chi connectivity index (χ0) is 10.1. The summed E-state index contributed by atoms with van der Waals surface area (Å²) in [6.07, 6.45) is 2.13. The van der Waals surface area contributed by atoms with Crippen molar-refractivity contribution in [3.05, 3.63) is 28.6 Å². The SMILES string of the molecule is CCc1cc2cc(N)c(CC)cc2s1. The van der Waals surface area contributed by atoms with Crippen molar-refractivity contribution >= 4 is 27.1 Å². The van der Waals surface area contributed by atoms with Gasteiger partial charge in [-0.2, -0.15) is 0 Å². The van der Waals surface area contributed by atoms with Gasteiger partial charge in [0.15, 0.2) is 0 Å². The van der Waals surface area contributed by atoms with Crippen molar-refractivity contribution in [1.82, 2.24) is 0 Å². The van der Waals surface area contributed by atoms with Crippen LogP contribution >= 0.6 is 11.3 Å². The summed E-state index contributed by atoms with van der Waals surface area (Å²) < 4.78 is 1.37. The molecule has 0 aliphatic heterocycles. The number of anilines is 1. The topological polar surface area (TPSA) is 26.0 Å². The maximum atomic E-state index is 5.95. The molecule has 1 aromatic carbocycles. The van der Waals surface area contributed by atoms with E-state index < -0.39 is 0 Å². The average Bonchev–Trinajstić information content (AvgIpc) is 2.58. The van der Waals surface area contributed by atoms with Gasteiger partial charge in [0, 0.05) is 15.3 Å². The first kappa shape index (κ1) is 9.53.